The lowest BCUT2D eigenvalue weighted by molar-refractivity contribution is 0.579. The van der Waals surface area contributed by atoms with Crippen LogP contribution in [0.4, 0.5) is 20.3 Å². The number of halogens is 3. The van der Waals surface area contributed by atoms with Crippen LogP contribution in [0.5, 0.6) is 0 Å². The van der Waals surface area contributed by atoms with Crippen LogP contribution < -0.4 is 16.0 Å². The van der Waals surface area contributed by atoms with Gasteiger partial charge in [-0.2, -0.15) is 5.10 Å². The number of amidine groups is 1. The van der Waals surface area contributed by atoms with Crippen molar-refractivity contribution < 1.29 is 8.78 Å². The molecule has 0 aliphatic heterocycles. The number of hydrogen-bond acceptors (Lipinski definition) is 6. The zero-order valence-electron chi connectivity index (χ0n) is 20.0. The minimum atomic E-state index is -0.677. The van der Waals surface area contributed by atoms with E-state index in [0.29, 0.717) is 38.7 Å². The average molecular weight is 520 g/mol. The van der Waals surface area contributed by atoms with Crippen molar-refractivity contribution in [3.8, 4) is 0 Å². The summed E-state index contributed by atoms with van der Waals surface area (Å²) in [5.41, 5.74) is 7.73. The molecule has 2 aromatic rings. The summed E-state index contributed by atoms with van der Waals surface area (Å²) in [6, 6.07) is 4.21. The van der Waals surface area contributed by atoms with Crippen LogP contribution in [0, 0.1) is 17.6 Å². The Morgan fingerprint density at radius 2 is 2.00 bits per heavy atom. The number of anilines is 2. The molecule has 1 aliphatic carbocycles. The molecule has 4 N–H and O–H groups in total. The Labute approximate surface area is 212 Å². The van der Waals surface area contributed by atoms with Crippen LogP contribution in [-0.4, -0.2) is 42.6 Å². The smallest absolute Gasteiger partial charge is 0.154 e. The van der Waals surface area contributed by atoms with E-state index in [2.05, 4.69) is 27.1 Å². The highest BCUT2D eigenvalue weighted by molar-refractivity contribution is 7.98. The lowest BCUT2D eigenvalue weighted by atomic mass is 9.96. The molecule has 7 nitrogen and oxygen atoms in total. The van der Waals surface area contributed by atoms with Gasteiger partial charge in [0.15, 0.2) is 17.5 Å². The number of thioether (sulfide) groups is 1. The van der Waals surface area contributed by atoms with Gasteiger partial charge in [0.05, 0.1) is 0 Å². The van der Waals surface area contributed by atoms with Gasteiger partial charge in [-0.25, -0.2) is 13.8 Å². The van der Waals surface area contributed by atoms with Gasteiger partial charge in [0.2, 0.25) is 0 Å². The van der Waals surface area contributed by atoms with Gasteiger partial charge >= 0.3 is 0 Å². The summed E-state index contributed by atoms with van der Waals surface area (Å²) in [7, 11) is 3.20. The first-order chi connectivity index (χ1) is 16.7. The summed E-state index contributed by atoms with van der Waals surface area (Å²) >= 11 is 7.27. The van der Waals surface area contributed by atoms with E-state index in [4.69, 9.17) is 22.3 Å². The maximum absolute atomic E-state index is 14.8. The summed E-state index contributed by atoms with van der Waals surface area (Å²) in [5, 5.41) is 10.3. The van der Waals surface area contributed by atoms with E-state index in [0.717, 1.165) is 18.4 Å². The third-order valence-electron chi connectivity index (χ3n) is 5.48. The van der Waals surface area contributed by atoms with E-state index >= 15 is 0 Å². The molecule has 0 amide bonds. The number of aromatic nitrogens is 2. The predicted molar refractivity (Wildman–Crippen MR) is 142 cm³/mol. The second kappa shape index (κ2) is 11.5. The van der Waals surface area contributed by atoms with Gasteiger partial charge in [-0.15, -0.1) is 11.8 Å². The molecule has 1 saturated carbocycles. The van der Waals surface area contributed by atoms with Gasteiger partial charge in [0.25, 0.3) is 0 Å². The van der Waals surface area contributed by atoms with Gasteiger partial charge in [0, 0.05) is 48.6 Å². The molecule has 3 rings (SSSR count). The van der Waals surface area contributed by atoms with Crippen molar-refractivity contribution in [2.75, 3.05) is 30.6 Å². The summed E-state index contributed by atoms with van der Waals surface area (Å²) < 4.78 is 29.6. The third-order valence-corrected chi connectivity index (χ3v) is 6.38. The molecule has 1 heterocycles. The van der Waals surface area contributed by atoms with Crippen LogP contribution in [0.25, 0.3) is 0 Å². The molecule has 0 unspecified atom stereocenters. The number of nitrogens with one attached hydrogen (secondary N) is 2. The highest BCUT2D eigenvalue weighted by atomic mass is 35.5. The van der Waals surface area contributed by atoms with Crippen LogP contribution in [0.1, 0.15) is 19.8 Å². The van der Waals surface area contributed by atoms with Crippen molar-refractivity contribution in [3.05, 3.63) is 70.3 Å². The first-order valence-electron chi connectivity index (χ1n) is 10.8. The molecule has 1 aromatic heterocycles. The highest BCUT2D eigenvalue weighted by Crippen LogP contribution is 2.43. The molecule has 186 valence electrons. The van der Waals surface area contributed by atoms with Crippen molar-refractivity contribution in [2.24, 2.45) is 21.6 Å². The quantitative estimate of drug-likeness (QED) is 0.170. The van der Waals surface area contributed by atoms with E-state index in [9.17, 15) is 8.78 Å². The number of aromatic amines is 1. The standard InChI is InChI=1S/C24H28ClF2N7S/c1-13(16(11-28)12-29-3)22(15-6-7-15)24(31-21-10-20(25)32-33-21)30-14(2)34(4)23-18(26)8-17(35-5)9-19(23)27/h8-12,15H,1,6-7,28H2,2-5H3,(H2,31,32,33)/b16-11+,24-22-,29-12?,30-14+. The fraction of sp³-hybridized carbons (Fsp3) is 0.292. The Morgan fingerprint density at radius 1 is 1.34 bits per heavy atom. The van der Waals surface area contributed by atoms with Gasteiger partial charge in [-0.3, -0.25) is 10.1 Å². The number of aliphatic imine (C=N–C) groups is 2. The molecule has 1 aliphatic rings. The van der Waals surface area contributed by atoms with Gasteiger partial charge in [0.1, 0.15) is 22.5 Å². The third kappa shape index (κ3) is 6.32. The summed E-state index contributed by atoms with van der Waals surface area (Å²) in [5.74, 6) is 0.0225. The van der Waals surface area contributed by atoms with E-state index in [1.165, 1.54) is 35.0 Å². The Balaban J connectivity index is 2.12. The molecule has 0 bridgehead atoms. The minimum absolute atomic E-state index is 0.177. The van der Waals surface area contributed by atoms with Gasteiger partial charge in [-0.1, -0.05) is 18.2 Å². The normalized spacial score (nSPS) is 15.4. The molecule has 0 radical (unpaired) electrons. The molecule has 0 spiro atoms. The topological polar surface area (TPSA) is 94.7 Å². The van der Waals surface area contributed by atoms with E-state index in [-0.39, 0.29) is 11.6 Å². The number of nitrogens with zero attached hydrogens (tertiary/aromatic N) is 4. The number of allylic oxidation sites excluding steroid dienone is 3. The Morgan fingerprint density at radius 3 is 2.49 bits per heavy atom. The summed E-state index contributed by atoms with van der Waals surface area (Å²) in [6.45, 7) is 5.90. The van der Waals surface area contributed by atoms with Gasteiger partial charge in [-0.05, 0) is 49.6 Å². The van der Waals surface area contributed by atoms with Crippen LogP contribution in [0.2, 0.25) is 5.15 Å². The number of rotatable bonds is 9. The fourth-order valence-corrected chi connectivity index (χ4v) is 4.08. The molecule has 11 heteroatoms. The van der Waals surface area contributed by atoms with Crippen molar-refractivity contribution in [1.29, 1.82) is 0 Å². The Bertz CT molecular complexity index is 1210. The number of benzene rings is 1. The van der Waals surface area contributed by atoms with Crippen molar-refractivity contribution in [2.45, 2.75) is 24.7 Å². The van der Waals surface area contributed by atoms with Crippen LogP contribution >= 0.6 is 23.4 Å². The molecular weight excluding hydrogens is 492 g/mol. The predicted octanol–water partition coefficient (Wildman–Crippen LogP) is 5.75. The Kier molecular flexibility index (Phi) is 8.74. The molecule has 0 atom stereocenters. The van der Waals surface area contributed by atoms with E-state index in [1.807, 2.05) is 0 Å². The second-order valence-electron chi connectivity index (χ2n) is 7.91. The van der Waals surface area contributed by atoms with Crippen molar-refractivity contribution in [1.82, 2.24) is 10.2 Å². The van der Waals surface area contributed by atoms with Crippen LogP contribution in [0.15, 0.2) is 68.4 Å². The van der Waals surface area contributed by atoms with Gasteiger partial charge < -0.3 is 16.0 Å². The first-order valence-corrected chi connectivity index (χ1v) is 12.4. The number of H-pyrrole nitrogens is 1. The molecule has 0 saturated heterocycles. The van der Waals surface area contributed by atoms with Crippen LogP contribution in [-0.2, 0) is 0 Å². The lowest BCUT2D eigenvalue weighted by Gasteiger charge is -2.22. The first kappa shape index (κ1) is 26.5. The van der Waals surface area contributed by atoms with Crippen molar-refractivity contribution >= 4 is 46.9 Å². The summed E-state index contributed by atoms with van der Waals surface area (Å²) in [6.07, 6.45) is 6.68. The minimum Gasteiger partial charge on any atom is -0.404 e. The SMILES string of the molecule is C=C(/C(C=NC)=C/N)/C(=C(\N=C(/C)N(C)c1c(F)cc(SC)cc1F)Nc1cc(Cl)[nH]n1)C1CC1. The van der Waals surface area contributed by atoms with E-state index in [1.54, 1.807) is 39.6 Å². The van der Waals surface area contributed by atoms with Crippen LogP contribution in [0.3, 0.4) is 0 Å². The number of nitrogens with two attached hydrogens (primary N) is 1. The molecule has 1 aromatic carbocycles. The maximum Gasteiger partial charge on any atom is 0.154 e. The van der Waals surface area contributed by atoms with E-state index < -0.39 is 11.6 Å². The zero-order chi connectivity index (χ0) is 25.7. The van der Waals surface area contributed by atoms with Crippen molar-refractivity contribution in [3.63, 3.8) is 0 Å². The average Bonchev–Trinajstić information content (AvgIpc) is 3.56. The fourth-order valence-electron chi connectivity index (χ4n) is 3.49. The largest absolute Gasteiger partial charge is 0.404 e. The molecule has 35 heavy (non-hydrogen) atoms. The second-order valence-corrected chi connectivity index (χ2v) is 9.20. The summed E-state index contributed by atoms with van der Waals surface area (Å²) in [4.78, 5) is 10.7. The zero-order valence-corrected chi connectivity index (χ0v) is 21.6. The lowest BCUT2D eigenvalue weighted by Crippen LogP contribution is -2.26. The maximum atomic E-state index is 14.8. The number of hydrogen-bond donors (Lipinski definition) is 3. The molecular formula is C24H28ClF2N7S. The molecule has 1 fully saturated rings. The highest BCUT2D eigenvalue weighted by Gasteiger charge is 2.32. The monoisotopic (exact) mass is 519 g/mol. The Hall–Kier alpha value is -3.11.